The van der Waals surface area contributed by atoms with E-state index in [4.69, 9.17) is 4.74 Å². The summed E-state index contributed by atoms with van der Waals surface area (Å²) >= 11 is 0. The second-order valence-electron chi connectivity index (χ2n) is 12.0. The lowest BCUT2D eigenvalue weighted by Crippen LogP contribution is -2.52. The van der Waals surface area contributed by atoms with Crippen molar-refractivity contribution in [2.75, 3.05) is 7.11 Å². The lowest BCUT2D eigenvalue weighted by Gasteiger charge is -2.57. The summed E-state index contributed by atoms with van der Waals surface area (Å²) in [4.78, 5) is 11.9. The van der Waals surface area contributed by atoms with Gasteiger partial charge in [-0.2, -0.15) is 0 Å². The fourth-order valence-corrected chi connectivity index (χ4v) is 8.27. The molecule has 0 aliphatic heterocycles. The van der Waals surface area contributed by atoms with Crippen molar-refractivity contribution >= 4 is 11.7 Å². The molecule has 0 amide bonds. The highest BCUT2D eigenvalue weighted by Crippen LogP contribution is 2.66. The van der Waals surface area contributed by atoms with Crippen LogP contribution < -0.4 is 0 Å². The van der Waals surface area contributed by atoms with E-state index in [1.165, 1.54) is 52.1 Å². The van der Waals surface area contributed by atoms with Crippen molar-refractivity contribution in [2.45, 2.75) is 105 Å². The molecule has 7 atom stereocenters. The average molecular weight is 434 g/mol. The number of fused-ring (bicyclic) bond motifs is 3. The van der Waals surface area contributed by atoms with Gasteiger partial charge in [0, 0.05) is 11.8 Å². The number of nitrogens with zero attached hydrogens (tertiary/aromatic N) is 1. The van der Waals surface area contributed by atoms with Gasteiger partial charge in [-0.25, -0.2) is 0 Å². The van der Waals surface area contributed by atoms with Crippen LogP contribution in [0.15, 0.2) is 5.16 Å². The molecule has 0 heterocycles. The van der Waals surface area contributed by atoms with Crippen molar-refractivity contribution in [3.05, 3.63) is 0 Å². The highest BCUT2D eigenvalue weighted by molar-refractivity contribution is 5.91. The van der Waals surface area contributed by atoms with Crippen LogP contribution in [0.1, 0.15) is 105 Å². The Morgan fingerprint density at radius 2 is 1.87 bits per heavy atom. The van der Waals surface area contributed by atoms with Crippen molar-refractivity contribution < 1.29 is 14.7 Å². The normalized spacial score (nSPS) is 39.9. The summed E-state index contributed by atoms with van der Waals surface area (Å²) in [5.41, 5.74) is 1.18. The molecule has 4 heteroatoms. The number of hydrogen-bond acceptors (Lipinski definition) is 4. The fraction of sp³-hybridized carbons (Fsp3) is 0.926. The summed E-state index contributed by atoms with van der Waals surface area (Å²) in [5.74, 6) is 4.31. The molecule has 0 aromatic heterocycles. The minimum atomic E-state index is -0.186. The van der Waals surface area contributed by atoms with Gasteiger partial charge in [0.2, 0.25) is 0 Å². The monoisotopic (exact) mass is 433 g/mol. The third kappa shape index (κ3) is 4.69. The second kappa shape index (κ2) is 9.83. The topological polar surface area (TPSA) is 58.9 Å². The SMILES string of the molecule is COC(=O)CC[C@@]1(C)/C(=N/O)CC[C@H]2[C@@H]3CC[C@H]([C@H](C)CCCC(C)C)[C@@]3(C)CC[C@@H]21. The van der Waals surface area contributed by atoms with E-state index in [9.17, 15) is 10.0 Å². The first kappa shape index (κ1) is 24.6. The van der Waals surface area contributed by atoms with Crippen LogP contribution in [0.3, 0.4) is 0 Å². The van der Waals surface area contributed by atoms with Gasteiger partial charge >= 0.3 is 5.97 Å². The Labute approximate surface area is 190 Å². The zero-order valence-electron chi connectivity index (χ0n) is 21.0. The molecule has 0 aromatic rings. The summed E-state index contributed by atoms with van der Waals surface area (Å²) < 4.78 is 4.92. The lowest BCUT2D eigenvalue weighted by atomic mass is 9.47. The largest absolute Gasteiger partial charge is 0.469 e. The Kier molecular flexibility index (Phi) is 7.79. The van der Waals surface area contributed by atoms with Crippen molar-refractivity contribution in [3.63, 3.8) is 0 Å². The number of carbonyl (C=O) groups is 1. The van der Waals surface area contributed by atoms with Crippen molar-refractivity contribution in [3.8, 4) is 0 Å². The van der Waals surface area contributed by atoms with Crippen LogP contribution in [-0.2, 0) is 9.53 Å². The van der Waals surface area contributed by atoms with E-state index < -0.39 is 0 Å². The number of oxime groups is 1. The number of methoxy groups -OCH3 is 1. The van der Waals surface area contributed by atoms with E-state index in [0.29, 0.717) is 23.7 Å². The summed E-state index contributed by atoms with van der Waals surface area (Å²) in [6.45, 7) is 12.0. The van der Waals surface area contributed by atoms with Crippen LogP contribution in [-0.4, -0.2) is 24.0 Å². The number of ether oxygens (including phenoxy) is 1. The highest BCUT2D eigenvalue weighted by atomic mass is 16.5. The summed E-state index contributed by atoms with van der Waals surface area (Å²) in [6.07, 6.45) is 12.5. The maximum absolute atomic E-state index is 11.9. The van der Waals surface area contributed by atoms with Gasteiger partial charge in [-0.05, 0) is 85.9 Å². The first-order valence-electron chi connectivity index (χ1n) is 13.0. The van der Waals surface area contributed by atoms with E-state index >= 15 is 0 Å². The summed E-state index contributed by atoms with van der Waals surface area (Å²) in [7, 11) is 1.46. The van der Waals surface area contributed by atoms with Gasteiger partial charge in [0.1, 0.15) is 0 Å². The van der Waals surface area contributed by atoms with Crippen LogP contribution in [0.5, 0.6) is 0 Å². The zero-order chi connectivity index (χ0) is 22.8. The molecular weight excluding hydrogens is 386 g/mol. The Balaban J connectivity index is 1.75. The Morgan fingerprint density at radius 1 is 1.13 bits per heavy atom. The number of hydrogen-bond donors (Lipinski definition) is 1. The number of esters is 1. The minimum absolute atomic E-state index is 0.155. The Hall–Kier alpha value is -1.06. The van der Waals surface area contributed by atoms with Crippen LogP contribution in [0.2, 0.25) is 0 Å². The third-order valence-corrected chi connectivity index (χ3v) is 10.0. The molecule has 0 saturated heterocycles. The molecule has 0 aromatic carbocycles. The van der Waals surface area contributed by atoms with Gasteiger partial charge in [0.25, 0.3) is 0 Å². The lowest BCUT2D eigenvalue weighted by molar-refractivity contribution is -0.141. The quantitative estimate of drug-likeness (QED) is 0.252. The average Bonchev–Trinajstić information content (AvgIpc) is 3.09. The standard InChI is InChI=1S/C27H47NO3/c1-18(2)8-7-9-19(3)21-11-12-22-20-10-13-24(28-30)27(5,17-15-25(29)31-6)23(20)14-16-26(21,22)4/h18-23,30H,7-17H2,1-6H3/b28-24+/t19-,20+,21-,22+,23+,26-,27-/m1/s1. The van der Waals surface area contributed by atoms with E-state index in [-0.39, 0.29) is 11.4 Å². The summed E-state index contributed by atoms with van der Waals surface area (Å²) in [6, 6.07) is 0. The number of rotatable bonds is 8. The first-order valence-corrected chi connectivity index (χ1v) is 13.0. The maximum atomic E-state index is 11.9. The zero-order valence-corrected chi connectivity index (χ0v) is 21.0. The molecule has 0 unspecified atom stereocenters. The van der Waals surface area contributed by atoms with Gasteiger partial charge < -0.3 is 9.94 Å². The molecule has 3 aliphatic carbocycles. The van der Waals surface area contributed by atoms with Crippen molar-refractivity contribution in [1.29, 1.82) is 0 Å². The molecule has 3 aliphatic rings. The van der Waals surface area contributed by atoms with Crippen LogP contribution in [0.4, 0.5) is 0 Å². The van der Waals surface area contributed by atoms with Gasteiger partial charge in [0.15, 0.2) is 0 Å². The third-order valence-electron chi connectivity index (χ3n) is 10.0. The second-order valence-corrected chi connectivity index (χ2v) is 12.0. The minimum Gasteiger partial charge on any atom is -0.469 e. The van der Waals surface area contributed by atoms with E-state index in [0.717, 1.165) is 48.6 Å². The van der Waals surface area contributed by atoms with Crippen LogP contribution >= 0.6 is 0 Å². The molecule has 1 N–H and O–H groups in total. The molecule has 0 radical (unpaired) electrons. The molecule has 3 rings (SSSR count). The maximum Gasteiger partial charge on any atom is 0.305 e. The molecular formula is C27H47NO3. The van der Waals surface area contributed by atoms with Gasteiger partial charge in [-0.3, -0.25) is 4.79 Å². The highest BCUT2D eigenvalue weighted by Gasteiger charge is 2.59. The molecule has 31 heavy (non-hydrogen) atoms. The predicted octanol–water partition coefficient (Wildman–Crippen LogP) is 7.09. The van der Waals surface area contributed by atoms with Crippen molar-refractivity contribution in [2.24, 2.45) is 51.5 Å². The molecule has 178 valence electrons. The number of carbonyl (C=O) groups excluding carboxylic acids is 1. The van der Waals surface area contributed by atoms with Gasteiger partial charge in [-0.15, -0.1) is 0 Å². The van der Waals surface area contributed by atoms with Gasteiger partial charge in [-0.1, -0.05) is 59.0 Å². The first-order chi connectivity index (χ1) is 14.7. The van der Waals surface area contributed by atoms with Crippen LogP contribution in [0, 0.1) is 46.3 Å². The van der Waals surface area contributed by atoms with E-state index in [1.807, 2.05) is 0 Å². The Morgan fingerprint density at radius 3 is 2.52 bits per heavy atom. The van der Waals surface area contributed by atoms with Gasteiger partial charge in [0.05, 0.1) is 12.8 Å². The smallest absolute Gasteiger partial charge is 0.305 e. The van der Waals surface area contributed by atoms with E-state index in [2.05, 4.69) is 39.8 Å². The molecule has 0 bridgehead atoms. The van der Waals surface area contributed by atoms with E-state index in [1.54, 1.807) is 0 Å². The Bertz CT molecular complexity index is 659. The molecule has 3 saturated carbocycles. The summed E-state index contributed by atoms with van der Waals surface area (Å²) in [5, 5.41) is 13.5. The fourth-order valence-electron chi connectivity index (χ4n) is 8.27. The molecule has 3 fully saturated rings. The molecule has 0 spiro atoms. The predicted molar refractivity (Wildman–Crippen MR) is 126 cm³/mol. The van der Waals surface area contributed by atoms with Crippen LogP contribution in [0.25, 0.3) is 0 Å². The van der Waals surface area contributed by atoms with Crippen molar-refractivity contribution in [1.82, 2.24) is 0 Å². The molecule has 4 nitrogen and oxygen atoms in total.